The number of para-hydroxylation sites is 2. The number of hydrogen-bond acceptors (Lipinski definition) is 5. The van der Waals surface area contributed by atoms with E-state index in [0.29, 0.717) is 18.0 Å². The quantitative estimate of drug-likeness (QED) is 0.650. The molecule has 0 aliphatic carbocycles. The van der Waals surface area contributed by atoms with E-state index in [1.165, 1.54) is 5.06 Å². The van der Waals surface area contributed by atoms with Crippen LogP contribution in [0.15, 0.2) is 66.0 Å². The van der Waals surface area contributed by atoms with Gasteiger partial charge in [-0.15, -0.1) is 0 Å². The first-order chi connectivity index (χ1) is 12.2. The van der Waals surface area contributed by atoms with Crippen LogP contribution in [-0.2, 0) is 11.2 Å². The van der Waals surface area contributed by atoms with Crippen LogP contribution < -0.4 is 15.1 Å². The van der Waals surface area contributed by atoms with Gasteiger partial charge in [-0.25, -0.2) is 9.86 Å². The lowest BCUT2D eigenvalue weighted by Crippen LogP contribution is -2.43. The van der Waals surface area contributed by atoms with Crippen molar-refractivity contribution in [1.29, 1.82) is 0 Å². The second kappa shape index (κ2) is 6.61. The molecule has 2 aromatic rings. The Morgan fingerprint density at radius 3 is 2.72 bits per heavy atom. The number of carbonyl (C=O) groups is 1. The zero-order chi connectivity index (χ0) is 17.2. The van der Waals surface area contributed by atoms with Crippen LogP contribution >= 0.6 is 0 Å². The van der Waals surface area contributed by atoms with Gasteiger partial charge in [-0.1, -0.05) is 36.4 Å². The van der Waals surface area contributed by atoms with E-state index < -0.39 is 6.04 Å². The third kappa shape index (κ3) is 3.10. The van der Waals surface area contributed by atoms with Crippen LogP contribution in [0, 0.1) is 0 Å². The van der Waals surface area contributed by atoms with E-state index in [0.717, 1.165) is 36.1 Å². The number of esters is 1. The van der Waals surface area contributed by atoms with E-state index in [2.05, 4.69) is 5.32 Å². The Bertz CT molecular complexity index is 817. The summed E-state index contributed by atoms with van der Waals surface area (Å²) < 4.78 is 5.47. The summed E-state index contributed by atoms with van der Waals surface area (Å²) in [6.45, 7) is 0. The maximum absolute atomic E-state index is 12.5. The molecular weight excluding hydrogens is 316 g/mol. The van der Waals surface area contributed by atoms with Crippen LogP contribution in [0.4, 0.5) is 5.69 Å². The zero-order valence-electron chi connectivity index (χ0n) is 13.8. The Morgan fingerprint density at radius 1 is 1.12 bits per heavy atom. The molecule has 25 heavy (non-hydrogen) atoms. The lowest BCUT2D eigenvalue weighted by atomic mass is 9.96. The van der Waals surface area contributed by atoms with Crippen LogP contribution in [0.1, 0.15) is 24.8 Å². The molecule has 5 nitrogen and oxygen atoms in total. The fourth-order valence-electron chi connectivity index (χ4n) is 3.43. The van der Waals surface area contributed by atoms with Crippen LogP contribution in [-0.4, -0.2) is 17.2 Å². The standard InChI is InChI=1S/C20H20N2O3/c23-20(25-16-9-2-1-3-10-16)17-11-6-8-15-13-14-7-4-5-12-18(14)22(24)19(15)21-17/h1-5,7,9-10,12,17,21,24H,6,8,11,13H2. The predicted molar refractivity (Wildman–Crippen MR) is 94.3 cm³/mol. The van der Waals surface area contributed by atoms with Gasteiger partial charge in [0.05, 0.1) is 5.69 Å². The Hall–Kier alpha value is -2.79. The lowest BCUT2D eigenvalue weighted by Gasteiger charge is -2.31. The third-order valence-corrected chi connectivity index (χ3v) is 4.70. The Kier molecular flexibility index (Phi) is 4.15. The molecule has 0 bridgehead atoms. The second-order valence-corrected chi connectivity index (χ2v) is 6.39. The minimum atomic E-state index is -0.479. The number of hydrogen-bond donors (Lipinski definition) is 2. The molecule has 0 saturated heterocycles. The van der Waals surface area contributed by atoms with Crippen molar-refractivity contribution in [3.05, 3.63) is 71.6 Å². The molecule has 0 amide bonds. The van der Waals surface area contributed by atoms with Gasteiger partial charge in [0.15, 0.2) is 0 Å². The maximum atomic E-state index is 12.5. The van der Waals surface area contributed by atoms with Gasteiger partial charge in [-0.2, -0.15) is 0 Å². The number of fused-ring (bicyclic) bond motifs is 1. The van der Waals surface area contributed by atoms with Crippen molar-refractivity contribution in [3.63, 3.8) is 0 Å². The molecular formula is C20H20N2O3. The Labute approximate surface area is 146 Å². The van der Waals surface area contributed by atoms with Gasteiger partial charge >= 0.3 is 5.97 Å². The molecule has 2 N–H and O–H groups in total. The molecule has 128 valence electrons. The summed E-state index contributed by atoms with van der Waals surface area (Å²) >= 11 is 0. The third-order valence-electron chi connectivity index (χ3n) is 4.70. The summed E-state index contributed by atoms with van der Waals surface area (Å²) in [5, 5.41) is 15.0. The molecule has 5 heteroatoms. The topological polar surface area (TPSA) is 61.8 Å². The fourth-order valence-corrected chi connectivity index (χ4v) is 3.43. The summed E-state index contributed by atoms with van der Waals surface area (Å²) in [6.07, 6.45) is 3.18. The molecule has 2 aliphatic heterocycles. The van der Waals surface area contributed by atoms with E-state index in [1.807, 2.05) is 42.5 Å². The van der Waals surface area contributed by atoms with E-state index in [9.17, 15) is 10.0 Å². The van der Waals surface area contributed by atoms with Crippen molar-refractivity contribution in [2.24, 2.45) is 0 Å². The molecule has 0 fully saturated rings. The van der Waals surface area contributed by atoms with Crippen molar-refractivity contribution in [2.75, 3.05) is 5.06 Å². The number of rotatable bonds is 2. The Balaban J connectivity index is 1.55. The number of anilines is 1. The number of ether oxygens (including phenoxy) is 1. The van der Waals surface area contributed by atoms with Crippen LogP contribution in [0.2, 0.25) is 0 Å². The van der Waals surface area contributed by atoms with Gasteiger partial charge in [-0.05, 0) is 55.0 Å². The van der Waals surface area contributed by atoms with Gasteiger partial charge in [0.1, 0.15) is 17.6 Å². The van der Waals surface area contributed by atoms with Crippen molar-refractivity contribution in [2.45, 2.75) is 31.7 Å². The predicted octanol–water partition coefficient (Wildman–Crippen LogP) is 3.40. The van der Waals surface area contributed by atoms with Crippen LogP contribution in [0.3, 0.4) is 0 Å². The van der Waals surface area contributed by atoms with Gasteiger partial charge in [0, 0.05) is 0 Å². The van der Waals surface area contributed by atoms with Gasteiger partial charge in [-0.3, -0.25) is 5.21 Å². The van der Waals surface area contributed by atoms with E-state index in [1.54, 1.807) is 12.1 Å². The van der Waals surface area contributed by atoms with Crippen LogP contribution in [0.5, 0.6) is 5.75 Å². The summed E-state index contributed by atoms with van der Waals surface area (Å²) in [7, 11) is 0. The highest BCUT2D eigenvalue weighted by molar-refractivity contribution is 5.79. The van der Waals surface area contributed by atoms with Gasteiger partial charge in [0.25, 0.3) is 0 Å². The van der Waals surface area contributed by atoms with Crippen molar-refractivity contribution < 1.29 is 14.7 Å². The summed E-state index contributed by atoms with van der Waals surface area (Å²) in [5.41, 5.74) is 2.97. The molecule has 0 radical (unpaired) electrons. The minimum Gasteiger partial charge on any atom is -0.425 e. The highest BCUT2D eigenvalue weighted by atomic mass is 16.5. The largest absolute Gasteiger partial charge is 0.425 e. The first-order valence-electron chi connectivity index (χ1n) is 8.54. The highest BCUT2D eigenvalue weighted by Gasteiger charge is 2.31. The summed E-state index contributed by atoms with van der Waals surface area (Å²) in [6, 6.07) is 16.3. The molecule has 0 spiro atoms. The molecule has 2 aliphatic rings. The van der Waals surface area contributed by atoms with Crippen molar-refractivity contribution in [3.8, 4) is 5.75 Å². The molecule has 0 aromatic heterocycles. The van der Waals surface area contributed by atoms with E-state index in [4.69, 9.17) is 4.74 Å². The average Bonchev–Trinajstić information content (AvgIpc) is 2.86. The average molecular weight is 336 g/mol. The SMILES string of the molecule is O=C(Oc1ccccc1)C1CCCC2=C(N1)N(O)c1ccccc1C2. The molecule has 4 rings (SSSR count). The summed E-state index contributed by atoms with van der Waals surface area (Å²) in [5.74, 6) is 0.820. The lowest BCUT2D eigenvalue weighted by molar-refractivity contribution is -0.136. The first-order valence-corrected chi connectivity index (χ1v) is 8.54. The Morgan fingerprint density at radius 2 is 1.88 bits per heavy atom. The van der Waals surface area contributed by atoms with E-state index in [-0.39, 0.29) is 5.97 Å². The maximum Gasteiger partial charge on any atom is 0.333 e. The molecule has 0 saturated carbocycles. The number of hydroxylamine groups is 1. The number of nitrogens with one attached hydrogen (secondary N) is 1. The fraction of sp³-hybridized carbons (Fsp3) is 0.250. The monoisotopic (exact) mass is 336 g/mol. The van der Waals surface area contributed by atoms with Gasteiger partial charge < -0.3 is 10.1 Å². The first kappa shape index (κ1) is 15.7. The minimum absolute atomic E-state index is 0.327. The van der Waals surface area contributed by atoms with Gasteiger partial charge in [0.2, 0.25) is 0 Å². The number of benzene rings is 2. The molecule has 2 aromatic carbocycles. The van der Waals surface area contributed by atoms with Crippen molar-refractivity contribution >= 4 is 11.7 Å². The normalized spacial score (nSPS) is 19.4. The van der Waals surface area contributed by atoms with Crippen molar-refractivity contribution in [1.82, 2.24) is 5.32 Å². The number of carbonyl (C=O) groups excluding carboxylic acids is 1. The zero-order valence-corrected chi connectivity index (χ0v) is 13.8. The van der Waals surface area contributed by atoms with Crippen LogP contribution in [0.25, 0.3) is 0 Å². The molecule has 2 heterocycles. The number of allylic oxidation sites excluding steroid dienone is 1. The molecule has 1 unspecified atom stereocenters. The van der Waals surface area contributed by atoms with E-state index >= 15 is 0 Å². The smallest absolute Gasteiger partial charge is 0.333 e. The second-order valence-electron chi connectivity index (χ2n) is 6.39. The molecule has 1 atom stereocenters. The number of nitrogens with zero attached hydrogens (tertiary/aromatic N) is 1. The summed E-state index contributed by atoms with van der Waals surface area (Å²) in [4.78, 5) is 12.5. The highest BCUT2D eigenvalue weighted by Crippen LogP contribution is 2.34.